The summed E-state index contributed by atoms with van der Waals surface area (Å²) in [6, 6.07) is 0.229. The number of amides is 1. The van der Waals surface area contributed by atoms with Crippen LogP contribution in [0.25, 0.3) is 0 Å². The van der Waals surface area contributed by atoms with Gasteiger partial charge in [-0.25, -0.2) is 0 Å². The van der Waals surface area contributed by atoms with E-state index < -0.39 is 5.97 Å². The lowest BCUT2D eigenvalue weighted by atomic mass is 9.81. The smallest absolute Gasteiger partial charge is 0.306 e. The van der Waals surface area contributed by atoms with Gasteiger partial charge in [0.25, 0.3) is 0 Å². The molecule has 0 aromatic heterocycles. The highest BCUT2D eigenvalue weighted by atomic mass is 16.4. The normalized spacial score (nSPS) is 29.2. The Labute approximate surface area is 101 Å². The molecule has 17 heavy (non-hydrogen) atoms. The maximum absolute atomic E-state index is 12.0. The van der Waals surface area contributed by atoms with E-state index in [2.05, 4.69) is 17.5 Å². The Morgan fingerprint density at radius 3 is 2.41 bits per heavy atom. The Morgan fingerprint density at radius 2 is 1.76 bits per heavy atom. The third-order valence-electron chi connectivity index (χ3n) is 3.75. The number of carbonyl (C=O) groups excluding carboxylic acids is 1. The van der Waals surface area contributed by atoms with E-state index >= 15 is 0 Å². The Balaban J connectivity index is 1.84. The molecule has 0 bridgehead atoms. The fourth-order valence-electron chi connectivity index (χ4n) is 2.71. The molecule has 0 radical (unpaired) electrons. The quantitative estimate of drug-likeness (QED) is 0.734. The van der Waals surface area contributed by atoms with E-state index in [1.165, 1.54) is 0 Å². The fourth-order valence-corrected chi connectivity index (χ4v) is 2.71. The summed E-state index contributed by atoms with van der Waals surface area (Å²) in [6.07, 6.45) is 8.85. The zero-order valence-corrected chi connectivity index (χ0v) is 9.89. The molecule has 0 spiro atoms. The largest absolute Gasteiger partial charge is 0.481 e. The number of carboxylic acid groups (broad SMARTS) is 1. The van der Waals surface area contributed by atoms with E-state index in [0.717, 1.165) is 25.7 Å². The topological polar surface area (TPSA) is 66.4 Å². The second kappa shape index (κ2) is 5.34. The number of aliphatic carboxylic acids is 1. The lowest BCUT2D eigenvalue weighted by Gasteiger charge is -2.26. The average molecular weight is 237 g/mol. The van der Waals surface area contributed by atoms with Gasteiger partial charge >= 0.3 is 5.97 Å². The van der Waals surface area contributed by atoms with Gasteiger partial charge in [0.2, 0.25) is 5.91 Å². The van der Waals surface area contributed by atoms with Crippen LogP contribution in [0.3, 0.4) is 0 Å². The standard InChI is InChI=1S/C13H19NO3/c15-12(14-11-6-1-2-7-11)9-4-3-5-10(8-9)13(16)17/h1-2,9-11H,3-8H2,(H,14,15)(H,16,17). The van der Waals surface area contributed by atoms with E-state index in [1.54, 1.807) is 0 Å². The molecule has 0 saturated heterocycles. The van der Waals surface area contributed by atoms with Crippen LogP contribution in [0, 0.1) is 11.8 Å². The van der Waals surface area contributed by atoms with Crippen molar-refractivity contribution in [3.8, 4) is 0 Å². The van der Waals surface area contributed by atoms with Crippen molar-refractivity contribution in [3.63, 3.8) is 0 Å². The van der Waals surface area contributed by atoms with Crippen LogP contribution < -0.4 is 5.32 Å². The number of nitrogens with one attached hydrogen (secondary N) is 1. The van der Waals surface area contributed by atoms with Crippen molar-refractivity contribution in [2.24, 2.45) is 11.8 Å². The van der Waals surface area contributed by atoms with E-state index in [1.807, 2.05) is 0 Å². The van der Waals surface area contributed by atoms with E-state index in [9.17, 15) is 9.59 Å². The van der Waals surface area contributed by atoms with Crippen molar-refractivity contribution in [1.82, 2.24) is 5.32 Å². The molecule has 1 saturated carbocycles. The maximum Gasteiger partial charge on any atom is 0.306 e. The first-order chi connectivity index (χ1) is 8.16. The molecule has 2 atom stereocenters. The van der Waals surface area contributed by atoms with E-state index in [4.69, 9.17) is 5.11 Å². The summed E-state index contributed by atoms with van der Waals surface area (Å²) in [6.45, 7) is 0. The zero-order chi connectivity index (χ0) is 12.3. The minimum atomic E-state index is -0.759. The molecule has 2 aliphatic carbocycles. The molecule has 2 rings (SSSR count). The van der Waals surface area contributed by atoms with Gasteiger partial charge in [-0.05, 0) is 32.1 Å². The summed E-state index contributed by atoms with van der Waals surface area (Å²) in [5, 5.41) is 12.0. The number of carboxylic acids is 1. The lowest BCUT2D eigenvalue weighted by Crippen LogP contribution is -2.40. The Morgan fingerprint density at radius 1 is 1.12 bits per heavy atom. The van der Waals surface area contributed by atoms with Gasteiger partial charge in [-0.2, -0.15) is 0 Å². The highest BCUT2D eigenvalue weighted by molar-refractivity contribution is 5.80. The number of hydrogen-bond acceptors (Lipinski definition) is 2. The molecule has 4 nitrogen and oxygen atoms in total. The molecule has 0 aliphatic heterocycles. The van der Waals surface area contributed by atoms with Gasteiger partial charge in [0.15, 0.2) is 0 Å². The first-order valence-corrected chi connectivity index (χ1v) is 6.35. The van der Waals surface area contributed by atoms with Gasteiger partial charge in [-0.15, -0.1) is 0 Å². The molecular weight excluding hydrogens is 218 g/mol. The monoisotopic (exact) mass is 237 g/mol. The summed E-state index contributed by atoms with van der Waals surface area (Å²) in [5.41, 5.74) is 0. The molecule has 94 valence electrons. The summed E-state index contributed by atoms with van der Waals surface area (Å²) in [7, 11) is 0. The molecule has 0 aromatic rings. The van der Waals surface area contributed by atoms with Crippen molar-refractivity contribution in [2.45, 2.75) is 44.6 Å². The van der Waals surface area contributed by atoms with Crippen LogP contribution >= 0.6 is 0 Å². The number of rotatable bonds is 3. The summed E-state index contributed by atoms with van der Waals surface area (Å²) in [5.74, 6) is -1.15. The SMILES string of the molecule is O=C(O)C1CCCC(C(=O)NC2CC=CC2)C1. The zero-order valence-electron chi connectivity index (χ0n) is 9.89. The van der Waals surface area contributed by atoms with Crippen molar-refractivity contribution < 1.29 is 14.7 Å². The van der Waals surface area contributed by atoms with Crippen LogP contribution in [-0.4, -0.2) is 23.0 Å². The van der Waals surface area contributed by atoms with Crippen LogP contribution in [-0.2, 0) is 9.59 Å². The number of carbonyl (C=O) groups is 2. The van der Waals surface area contributed by atoms with Gasteiger partial charge in [0, 0.05) is 12.0 Å². The third-order valence-corrected chi connectivity index (χ3v) is 3.75. The van der Waals surface area contributed by atoms with Crippen molar-refractivity contribution in [2.75, 3.05) is 0 Å². The van der Waals surface area contributed by atoms with Crippen molar-refractivity contribution in [3.05, 3.63) is 12.2 Å². The molecule has 2 aliphatic rings. The van der Waals surface area contributed by atoms with Gasteiger partial charge in [0.1, 0.15) is 0 Å². The minimum absolute atomic E-state index is 0.0460. The Bertz CT molecular complexity index is 330. The van der Waals surface area contributed by atoms with Crippen LogP contribution in [0.4, 0.5) is 0 Å². The highest BCUT2D eigenvalue weighted by Gasteiger charge is 2.31. The predicted octanol–water partition coefficient (Wildman–Crippen LogP) is 1.71. The first-order valence-electron chi connectivity index (χ1n) is 6.35. The predicted molar refractivity (Wildman–Crippen MR) is 63.4 cm³/mol. The summed E-state index contributed by atoms with van der Waals surface area (Å²) in [4.78, 5) is 22.9. The van der Waals surface area contributed by atoms with Crippen LogP contribution in [0.2, 0.25) is 0 Å². The third kappa shape index (κ3) is 3.08. The molecule has 0 heterocycles. The lowest BCUT2D eigenvalue weighted by molar-refractivity contribution is -0.144. The molecule has 1 amide bonds. The van der Waals surface area contributed by atoms with Gasteiger partial charge in [0.05, 0.1) is 5.92 Å². The van der Waals surface area contributed by atoms with Crippen molar-refractivity contribution >= 4 is 11.9 Å². The Hall–Kier alpha value is -1.32. The number of hydrogen-bond donors (Lipinski definition) is 2. The average Bonchev–Trinajstić information content (AvgIpc) is 2.82. The van der Waals surface area contributed by atoms with Gasteiger partial charge in [-0.1, -0.05) is 18.6 Å². The second-order valence-electron chi connectivity index (χ2n) is 5.05. The van der Waals surface area contributed by atoms with Crippen LogP contribution in [0.5, 0.6) is 0 Å². The molecule has 0 aromatic carbocycles. The summed E-state index contributed by atoms with van der Waals surface area (Å²) >= 11 is 0. The van der Waals surface area contributed by atoms with E-state index in [0.29, 0.717) is 12.8 Å². The van der Waals surface area contributed by atoms with Crippen LogP contribution in [0.1, 0.15) is 38.5 Å². The Kier molecular flexibility index (Phi) is 3.82. The van der Waals surface area contributed by atoms with Crippen molar-refractivity contribution in [1.29, 1.82) is 0 Å². The molecule has 2 unspecified atom stereocenters. The summed E-state index contributed by atoms with van der Waals surface area (Å²) < 4.78 is 0. The van der Waals surface area contributed by atoms with Gasteiger partial charge < -0.3 is 10.4 Å². The molecule has 2 N–H and O–H groups in total. The van der Waals surface area contributed by atoms with E-state index in [-0.39, 0.29) is 23.8 Å². The van der Waals surface area contributed by atoms with Gasteiger partial charge in [-0.3, -0.25) is 9.59 Å². The molecular formula is C13H19NO3. The minimum Gasteiger partial charge on any atom is -0.481 e. The van der Waals surface area contributed by atoms with Crippen LogP contribution in [0.15, 0.2) is 12.2 Å². The first kappa shape index (κ1) is 12.1. The second-order valence-corrected chi connectivity index (χ2v) is 5.05. The molecule has 1 fully saturated rings. The molecule has 4 heteroatoms. The highest BCUT2D eigenvalue weighted by Crippen LogP contribution is 2.29. The fraction of sp³-hybridized carbons (Fsp3) is 0.692. The maximum atomic E-state index is 12.0.